The minimum absolute atomic E-state index is 0.00201. The summed E-state index contributed by atoms with van der Waals surface area (Å²) in [7, 11) is 1.34. The Hall–Kier alpha value is -2.18. The van der Waals surface area contributed by atoms with Crippen molar-refractivity contribution in [2.45, 2.75) is 166 Å². The summed E-state index contributed by atoms with van der Waals surface area (Å²) in [5.74, 6) is -0.433. The number of nitrogens with zero attached hydrogens (tertiary/aromatic N) is 1. The summed E-state index contributed by atoms with van der Waals surface area (Å²) < 4.78 is 23.4. The number of quaternary nitrogens is 1. The lowest BCUT2D eigenvalue weighted by molar-refractivity contribution is -0.870. The van der Waals surface area contributed by atoms with Crippen molar-refractivity contribution in [3.8, 4) is 0 Å². The molecule has 1 amide bonds. The van der Waals surface area contributed by atoms with E-state index in [1.807, 2.05) is 46.3 Å². The quantitative estimate of drug-likeness (QED) is 0.0118. The number of phosphoric ester groups is 1. The van der Waals surface area contributed by atoms with Crippen molar-refractivity contribution < 1.29 is 48.2 Å². The topological polar surface area (TPSA) is 166 Å². The molecule has 6 atom stereocenters. The number of carbonyl (C=O) groups is 1. The van der Waals surface area contributed by atoms with Crippen LogP contribution in [0.1, 0.15) is 136 Å². The van der Waals surface area contributed by atoms with Gasteiger partial charge < -0.3 is 35.1 Å². The van der Waals surface area contributed by atoms with E-state index in [9.17, 15) is 34.7 Å². The molecule has 0 aromatic rings. The number of phosphoric acid groups is 1. The van der Waals surface area contributed by atoms with E-state index in [1.54, 1.807) is 48.6 Å². The fourth-order valence-electron chi connectivity index (χ4n) is 5.67. The van der Waals surface area contributed by atoms with Crippen LogP contribution in [0.5, 0.6) is 0 Å². The molecule has 1 unspecified atom stereocenters. The normalized spacial score (nSPS) is 16.7. The maximum Gasteiger partial charge on any atom is 0.472 e. The summed E-state index contributed by atoms with van der Waals surface area (Å²) in [5, 5.41) is 44.2. The number of amides is 1. The van der Waals surface area contributed by atoms with Crippen LogP contribution in [0, 0.1) is 0 Å². The minimum Gasteiger partial charge on any atom is -0.390 e. The van der Waals surface area contributed by atoms with Gasteiger partial charge in [-0.05, 0) is 38.5 Å². The van der Waals surface area contributed by atoms with Crippen LogP contribution in [0.25, 0.3) is 0 Å². The van der Waals surface area contributed by atoms with Crippen LogP contribution in [0.2, 0.25) is 0 Å². The number of allylic oxidation sites excluding steroid dienone is 8. The van der Waals surface area contributed by atoms with E-state index in [4.69, 9.17) is 9.05 Å². The van der Waals surface area contributed by atoms with Crippen LogP contribution < -0.4 is 5.32 Å². The maximum absolute atomic E-state index is 12.9. The molecule has 0 bridgehead atoms. The molecule has 0 radical (unpaired) electrons. The zero-order valence-corrected chi connectivity index (χ0v) is 37.0. The average molecular weight is 826 g/mol. The molecule has 11 nitrogen and oxygen atoms in total. The molecule has 0 aliphatic carbocycles. The number of rotatable bonds is 37. The highest BCUT2D eigenvalue weighted by molar-refractivity contribution is 7.47. The van der Waals surface area contributed by atoms with Crippen LogP contribution in [0.15, 0.2) is 72.9 Å². The first-order valence-corrected chi connectivity index (χ1v) is 23.1. The van der Waals surface area contributed by atoms with Gasteiger partial charge in [0.1, 0.15) is 13.2 Å². The smallest absolute Gasteiger partial charge is 0.390 e. The average Bonchev–Trinajstić information content (AvgIpc) is 3.15. The highest BCUT2D eigenvalue weighted by Crippen LogP contribution is 2.43. The number of likely N-dealkylation sites (N-methyl/N-ethyl adjacent to an activating group) is 1. The molecular weight excluding hydrogens is 743 g/mol. The molecule has 0 saturated carbocycles. The third kappa shape index (κ3) is 36.6. The van der Waals surface area contributed by atoms with Crippen molar-refractivity contribution >= 4 is 13.7 Å². The molecule has 0 fully saturated rings. The van der Waals surface area contributed by atoms with Crippen LogP contribution in [-0.4, -0.2) is 107 Å². The molecule has 6 N–H and O–H groups in total. The van der Waals surface area contributed by atoms with Gasteiger partial charge in [0, 0.05) is 6.42 Å². The molecular formula is C45H82N2O9P+. The van der Waals surface area contributed by atoms with Crippen LogP contribution in [0.4, 0.5) is 0 Å². The van der Waals surface area contributed by atoms with Gasteiger partial charge in [-0.1, -0.05) is 164 Å². The third-order valence-corrected chi connectivity index (χ3v) is 10.3. The number of aliphatic hydroxyl groups is 4. The van der Waals surface area contributed by atoms with E-state index in [2.05, 4.69) is 12.2 Å². The van der Waals surface area contributed by atoms with Gasteiger partial charge in [0.05, 0.1) is 58.2 Å². The monoisotopic (exact) mass is 826 g/mol. The molecule has 0 spiro atoms. The van der Waals surface area contributed by atoms with Crippen LogP contribution in [-0.2, 0) is 18.4 Å². The Labute approximate surface area is 346 Å². The predicted molar refractivity (Wildman–Crippen MR) is 234 cm³/mol. The van der Waals surface area contributed by atoms with E-state index in [-0.39, 0.29) is 25.9 Å². The second-order valence-electron chi connectivity index (χ2n) is 15.9. The number of hydrogen-bond donors (Lipinski definition) is 6. The SMILES string of the molecule is CC/C=C\C[C@H](O)/C=C/C=C/C=C\C=C/[C@@H](O)[C@H](O)CCCC(=O)N[C@@H](COP(=O)(O)OCC[N+](C)(C)C)[C@H](O)/C=C/CCCCCCCCCCCCCCC. The van der Waals surface area contributed by atoms with E-state index in [0.717, 1.165) is 25.7 Å². The van der Waals surface area contributed by atoms with Crippen molar-refractivity contribution in [3.63, 3.8) is 0 Å². The molecule has 12 heteroatoms. The van der Waals surface area contributed by atoms with Gasteiger partial charge in [0.25, 0.3) is 0 Å². The first-order valence-electron chi connectivity index (χ1n) is 21.6. The Bertz CT molecular complexity index is 1210. The highest BCUT2D eigenvalue weighted by Gasteiger charge is 2.28. The molecule has 330 valence electrons. The zero-order valence-electron chi connectivity index (χ0n) is 36.1. The Balaban J connectivity index is 4.83. The lowest BCUT2D eigenvalue weighted by atomic mass is 10.0. The fraction of sp³-hybridized carbons (Fsp3) is 0.711. The van der Waals surface area contributed by atoms with Crippen molar-refractivity contribution in [2.24, 2.45) is 0 Å². The number of unbranched alkanes of at least 4 members (excludes halogenated alkanes) is 13. The summed E-state index contributed by atoms with van der Waals surface area (Å²) in [6.07, 6.45) is 36.2. The first kappa shape index (κ1) is 54.8. The van der Waals surface area contributed by atoms with Gasteiger partial charge in [0.15, 0.2) is 0 Å². The Morgan fingerprint density at radius 1 is 0.684 bits per heavy atom. The second kappa shape index (κ2) is 35.7. The summed E-state index contributed by atoms with van der Waals surface area (Å²) in [6.45, 7) is 4.31. The Kier molecular flexibility index (Phi) is 34.4. The van der Waals surface area contributed by atoms with Crippen molar-refractivity contribution in [2.75, 3.05) is 40.9 Å². The van der Waals surface area contributed by atoms with Gasteiger partial charge in [-0.2, -0.15) is 0 Å². The lowest BCUT2D eigenvalue weighted by Gasteiger charge is -2.25. The molecule has 57 heavy (non-hydrogen) atoms. The van der Waals surface area contributed by atoms with Crippen molar-refractivity contribution in [1.29, 1.82) is 0 Å². The molecule has 0 saturated heterocycles. The van der Waals surface area contributed by atoms with Crippen molar-refractivity contribution in [3.05, 3.63) is 72.9 Å². The van der Waals surface area contributed by atoms with E-state index in [1.165, 1.54) is 76.7 Å². The summed E-state index contributed by atoms with van der Waals surface area (Å²) in [5.41, 5.74) is 0. The number of carbonyl (C=O) groups excluding carboxylic acids is 1. The molecule has 0 aliphatic rings. The predicted octanol–water partition coefficient (Wildman–Crippen LogP) is 8.54. The number of hydrogen-bond acceptors (Lipinski definition) is 8. The molecule has 0 aliphatic heterocycles. The minimum atomic E-state index is -4.44. The van der Waals surface area contributed by atoms with Gasteiger partial charge in [-0.25, -0.2) is 4.57 Å². The Morgan fingerprint density at radius 2 is 1.25 bits per heavy atom. The lowest BCUT2D eigenvalue weighted by Crippen LogP contribution is -2.45. The van der Waals surface area contributed by atoms with Crippen molar-refractivity contribution in [1.82, 2.24) is 5.32 Å². The Morgan fingerprint density at radius 3 is 1.82 bits per heavy atom. The standard InChI is InChI=1S/C45H81N2O9P/c1-6-8-10-11-12-13-14-15-16-17-18-19-20-24-28-33-42(49)41(39-56-57(53,54)55-38-37-47(3,4)5)46-45(52)36-30-35-44(51)43(50)34-29-25-22-21-23-27-32-40(48)31-26-9-7-2/h9,21-23,25-29,32-34,40-44,48-51H,6-8,10-20,24,30-31,35-39H2,1-5H3,(H-,46,52,53,54)/p+1/b23-21+,25-22-,26-9-,32-27+,33-28+,34-29-/t40-,41-,42+,43+,44+/m0/s1. The van der Waals surface area contributed by atoms with E-state index >= 15 is 0 Å². The number of aliphatic hydroxyl groups excluding tert-OH is 4. The van der Waals surface area contributed by atoms with Crippen LogP contribution in [0.3, 0.4) is 0 Å². The molecule has 0 rings (SSSR count). The van der Waals surface area contributed by atoms with Gasteiger partial charge in [-0.3, -0.25) is 13.8 Å². The van der Waals surface area contributed by atoms with E-state index < -0.39 is 50.8 Å². The largest absolute Gasteiger partial charge is 0.472 e. The summed E-state index contributed by atoms with van der Waals surface area (Å²) in [4.78, 5) is 23.1. The third-order valence-electron chi connectivity index (χ3n) is 9.28. The zero-order chi connectivity index (χ0) is 42.6. The van der Waals surface area contributed by atoms with Gasteiger partial charge in [0.2, 0.25) is 5.91 Å². The summed E-state index contributed by atoms with van der Waals surface area (Å²) in [6, 6.07) is -1.01. The van der Waals surface area contributed by atoms with Gasteiger partial charge >= 0.3 is 7.82 Å². The number of nitrogens with one attached hydrogen (secondary N) is 1. The molecule has 0 aromatic carbocycles. The highest BCUT2D eigenvalue weighted by atomic mass is 31.2. The van der Waals surface area contributed by atoms with Crippen LogP contribution >= 0.6 is 7.82 Å². The van der Waals surface area contributed by atoms with E-state index in [0.29, 0.717) is 17.4 Å². The second-order valence-corrected chi connectivity index (χ2v) is 17.4. The summed E-state index contributed by atoms with van der Waals surface area (Å²) >= 11 is 0. The molecule has 0 heterocycles. The fourth-order valence-corrected chi connectivity index (χ4v) is 6.41. The van der Waals surface area contributed by atoms with Gasteiger partial charge in [-0.15, -0.1) is 0 Å². The first-order chi connectivity index (χ1) is 27.2. The maximum atomic E-state index is 12.9. The molecule has 0 aromatic heterocycles.